The van der Waals surface area contributed by atoms with Crippen molar-refractivity contribution in [3.8, 4) is 0 Å². The smallest absolute Gasteiger partial charge is 0.222 e. The van der Waals surface area contributed by atoms with Gasteiger partial charge in [0.2, 0.25) is 5.91 Å². The lowest BCUT2D eigenvalue weighted by atomic mass is 10.1. The molecule has 0 aliphatic carbocycles. The van der Waals surface area contributed by atoms with Gasteiger partial charge in [-0.2, -0.15) is 0 Å². The van der Waals surface area contributed by atoms with E-state index in [0.717, 1.165) is 5.56 Å². The summed E-state index contributed by atoms with van der Waals surface area (Å²) >= 11 is 13.6. The fourth-order valence-corrected chi connectivity index (χ4v) is 3.29. The van der Waals surface area contributed by atoms with Gasteiger partial charge in [-0.15, -0.1) is 11.3 Å². The molecule has 1 heterocycles. The van der Waals surface area contributed by atoms with Crippen LogP contribution in [0, 0.1) is 6.92 Å². The molecule has 0 saturated carbocycles. The van der Waals surface area contributed by atoms with E-state index in [-0.39, 0.29) is 5.91 Å². The Kier molecular flexibility index (Phi) is 5.68. The van der Waals surface area contributed by atoms with Crippen molar-refractivity contribution in [3.05, 3.63) is 55.7 Å². The van der Waals surface area contributed by atoms with Crippen molar-refractivity contribution in [2.24, 2.45) is 0 Å². The lowest BCUT2D eigenvalue weighted by molar-refractivity contribution is -0.130. The zero-order valence-electron chi connectivity index (χ0n) is 12.0. The van der Waals surface area contributed by atoms with Gasteiger partial charge in [0.1, 0.15) is 0 Å². The van der Waals surface area contributed by atoms with Crippen LogP contribution in [-0.2, 0) is 17.8 Å². The van der Waals surface area contributed by atoms with Gasteiger partial charge in [0.15, 0.2) is 0 Å². The zero-order valence-corrected chi connectivity index (χ0v) is 14.4. The molecule has 0 spiro atoms. The second-order valence-electron chi connectivity index (χ2n) is 5.01. The summed E-state index contributed by atoms with van der Waals surface area (Å²) in [5, 5.41) is 1.07. The predicted octanol–water partition coefficient (Wildman–Crippen LogP) is 4.95. The highest BCUT2D eigenvalue weighted by Crippen LogP contribution is 2.23. The average Bonchev–Trinajstić information content (AvgIpc) is 2.85. The van der Waals surface area contributed by atoms with Crippen LogP contribution in [0.5, 0.6) is 0 Å². The van der Waals surface area contributed by atoms with E-state index >= 15 is 0 Å². The molecule has 1 aromatic heterocycles. The van der Waals surface area contributed by atoms with Gasteiger partial charge >= 0.3 is 0 Å². The largest absolute Gasteiger partial charge is 0.341 e. The van der Waals surface area contributed by atoms with Gasteiger partial charge in [0, 0.05) is 23.2 Å². The highest BCUT2D eigenvalue weighted by atomic mass is 35.5. The van der Waals surface area contributed by atoms with Crippen LogP contribution in [0.25, 0.3) is 0 Å². The van der Waals surface area contributed by atoms with Crippen molar-refractivity contribution in [3.63, 3.8) is 0 Å². The molecule has 0 atom stereocenters. The first-order valence-corrected chi connectivity index (χ1v) is 8.26. The Morgan fingerprint density at radius 2 is 1.95 bits per heavy atom. The van der Waals surface area contributed by atoms with Crippen LogP contribution in [0.2, 0.25) is 10.0 Å². The van der Waals surface area contributed by atoms with Crippen molar-refractivity contribution >= 4 is 40.4 Å². The van der Waals surface area contributed by atoms with E-state index in [1.54, 1.807) is 22.3 Å². The normalized spacial score (nSPS) is 10.7. The van der Waals surface area contributed by atoms with Crippen molar-refractivity contribution in [1.29, 1.82) is 0 Å². The van der Waals surface area contributed by atoms with Crippen LogP contribution >= 0.6 is 34.5 Å². The molecule has 0 saturated heterocycles. The van der Waals surface area contributed by atoms with Gasteiger partial charge in [0.25, 0.3) is 0 Å². The number of hydrogen-bond acceptors (Lipinski definition) is 2. The number of hydrogen-bond donors (Lipinski definition) is 0. The Morgan fingerprint density at radius 3 is 2.57 bits per heavy atom. The number of benzene rings is 1. The number of halogens is 2. The Labute approximate surface area is 139 Å². The highest BCUT2D eigenvalue weighted by molar-refractivity contribution is 7.11. The number of amides is 1. The quantitative estimate of drug-likeness (QED) is 0.752. The molecule has 112 valence electrons. The van der Waals surface area contributed by atoms with Crippen LogP contribution in [0.3, 0.4) is 0 Å². The van der Waals surface area contributed by atoms with Gasteiger partial charge in [0.05, 0.1) is 16.6 Å². The van der Waals surface area contributed by atoms with E-state index in [0.29, 0.717) is 29.4 Å². The van der Waals surface area contributed by atoms with Gasteiger partial charge in [-0.05, 0) is 43.2 Å². The van der Waals surface area contributed by atoms with Crippen LogP contribution in [0.15, 0.2) is 30.3 Å². The van der Waals surface area contributed by atoms with E-state index in [1.807, 2.05) is 19.2 Å². The van der Waals surface area contributed by atoms with E-state index in [9.17, 15) is 4.79 Å². The van der Waals surface area contributed by atoms with Crippen molar-refractivity contribution in [2.75, 3.05) is 7.05 Å². The minimum atomic E-state index is 0.132. The first-order chi connectivity index (χ1) is 9.95. The zero-order chi connectivity index (χ0) is 15.4. The number of aryl methyl sites for hydroxylation is 2. The first-order valence-electron chi connectivity index (χ1n) is 6.69. The summed E-state index contributed by atoms with van der Waals surface area (Å²) in [4.78, 5) is 16.4. The SMILES string of the molecule is Cc1ccc(CN(C)C(=O)CCc2ccc(Cl)c(Cl)c2)s1. The Balaban J connectivity index is 1.87. The Morgan fingerprint density at radius 1 is 1.19 bits per heavy atom. The second kappa shape index (κ2) is 7.30. The molecule has 2 nitrogen and oxygen atoms in total. The third-order valence-corrected chi connectivity index (χ3v) is 4.95. The molecule has 0 N–H and O–H groups in total. The molecule has 0 fully saturated rings. The monoisotopic (exact) mass is 341 g/mol. The van der Waals surface area contributed by atoms with Crippen molar-refractivity contribution in [1.82, 2.24) is 4.90 Å². The van der Waals surface area contributed by atoms with Crippen molar-refractivity contribution < 1.29 is 4.79 Å². The minimum Gasteiger partial charge on any atom is -0.341 e. The summed E-state index contributed by atoms with van der Waals surface area (Å²) in [5.41, 5.74) is 1.03. The minimum absolute atomic E-state index is 0.132. The molecule has 0 radical (unpaired) electrons. The third kappa shape index (κ3) is 4.73. The van der Waals surface area contributed by atoms with E-state index in [1.165, 1.54) is 9.75 Å². The molecule has 1 amide bonds. The second-order valence-corrected chi connectivity index (χ2v) is 7.20. The third-order valence-electron chi connectivity index (χ3n) is 3.23. The number of thiophene rings is 1. The molecule has 0 aliphatic heterocycles. The number of rotatable bonds is 5. The lowest BCUT2D eigenvalue weighted by Gasteiger charge is -2.16. The predicted molar refractivity (Wildman–Crippen MR) is 90.3 cm³/mol. The topological polar surface area (TPSA) is 20.3 Å². The highest BCUT2D eigenvalue weighted by Gasteiger charge is 2.11. The summed E-state index contributed by atoms with van der Waals surface area (Å²) < 4.78 is 0. The molecule has 21 heavy (non-hydrogen) atoms. The fourth-order valence-electron chi connectivity index (χ4n) is 2.03. The molecular formula is C16H17Cl2NOS. The Hall–Kier alpha value is -1.03. The standard InChI is InChI=1S/C16H17Cl2NOS/c1-11-3-6-13(21-11)10-19(2)16(20)8-5-12-4-7-14(17)15(18)9-12/h3-4,6-7,9H,5,8,10H2,1-2H3. The summed E-state index contributed by atoms with van der Waals surface area (Å²) in [5.74, 6) is 0.132. The van der Waals surface area contributed by atoms with E-state index < -0.39 is 0 Å². The van der Waals surface area contributed by atoms with Gasteiger partial charge < -0.3 is 4.90 Å². The molecule has 2 aromatic rings. The molecule has 5 heteroatoms. The summed E-state index contributed by atoms with van der Waals surface area (Å²) in [6, 6.07) is 9.64. The maximum atomic E-state index is 12.2. The molecule has 1 aromatic carbocycles. The van der Waals surface area contributed by atoms with Crippen molar-refractivity contribution in [2.45, 2.75) is 26.3 Å². The van der Waals surface area contributed by atoms with E-state index in [4.69, 9.17) is 23.2 Å². The number of carbonyl (C=O) groups is 1. The van der Waals surface area contributed by atoms with Crippen LogP contribution < -0.4 is 0 Å². The van der Waals surface area contributed by atoms with Gasteiger partial charge in [-0.3, -0.25) is 4.79 Å². The van der Waals surface area contributed by atoms with E-state index in [2.05, 4.69) is 19.1 Å². The van der Waals surface area contributed by atoms with Crippen LogP contribution in [0.4, 0.5) is 0 Å². The molecule has 0 bridgehead atoms. The average molecular weight is 342 g/mol. The maximum absolute atomic E-state index is 12.2. The lowest BCUT2D eigenvalue weighted by Crippen LogP contribution is -2.25. The van der Waals surface area contributed by atoms with Crippen LogP contribution in [-0.4, -0.2) is 17.9 Å². The fraction of sp³-hybridized carbons (Fsp3) is 0.312. The first kappa shape index (κ1) is 16.3. The molecule has 2 rings (SSSR count). The Bertz CT molecular complexity index is 639. The summed E-state index contributed by atoms with van der Waals surface area (Å²) in [6.07, 6.45) is 1.14. The molecule has 0 aliphatic rings. The molecular weight excluding hydrogens is 325 g/mol. The van der Waals surface area contributed by atoms with Gasteiger partial charge in [-0.1, -0.05) is 29.3 Å². The molecule has 0 unspecified atom stereocenters. The number of nitrogens with zero attached hydrogens (tertiary/aromatic N) is 1. The summed E-state index contributed by atoms with van der Waals surface area (Å²) in [6.45, 7) is 2.74. The van der Waals surface area contributed by atoms with Crippen LogP contribution in [0.1, 0.15) is 21.7 Å². The number of carbonyl (C=O) groups excluding carboxylic acids is 1. The maximum Gasteiger partial charge on any atom is 0.222 e. The summed E-state index contributed by atoms with van der Waals surface area (Å²) in [7, 11) is 1.84. The van der Waals surface area contributed by atoms with Gasteiger partial charge in [-0.25, -0.2) is 0 Å².